The van der Waals surface area contributed by atoms with Gasteiger partial charge in [-0.3, -0.25) is 0 Å². The van der Waals surface area contributed by atoms with Crippen LogP contribution >= 0.6 is 11.6 Å². The van der Waals surface area contributed by atoms with Crippen LogP contribution in [0.3, 0.4) is 0 Å². The highest BCUT2D eigenvalue weighted by Crippen LogP contribution is 2.29. The van der Waals surface area contributed by atoms with Crippen molar-refractivity contribution in [2.24, 2.45) is 0 Å². The molecule has 0 bridgehead atoms. The second-order valence-electron chi connectivity index (χ2n) is 4.68. The molecule has 0 heterocycles. The molecular weight excluding hydrogens is 290 g/mol. The first-order valence-electron chi connectivity index (χ1n) is 6.38. The number of carbonyl (C=O) groups excluding carboxylic acids is 1. The largest absolute Gasteiger partial charge is 0.508 e. The van der Waals surface area contributed by atoms with Crippen LogP contribution in [-0.4, -0.2) is 25.2 Å². The molecule has 0 aliphatic carbocycles. The first-order valence-corrected chi connectivity index (χ1v) is 6.76. The van der Waals surface area contributed by atoms with Gasteiger partial charge in [-0.05, 0) is 29.8 Å². The van der Waals surface area contributed by atoms with Crippen molar-refractivity contribution in [1.82, 2.24) is 0 Å². The van der Waals surface area contributed by atoms with Gasteiger partial charge in [0.1, 0.15) is 5.75 Å². The van der Waals surface area contributed by atoms with Gasteiger partial charge in [-0.25, -0.2) is 4.79 Å². The van der Waals surface area contributed by atoms with Crippen molar-refractivity contribution >= 4 is 23.3 Å². The van der Waals surface area contributed by atoms with E-state index in [0.717, 1.165) is 11.3 Å². The summed E-state index contributed by atoms with van der Waals surface area (Å²) in [7, 11) is 3.25. The summed E-state index contributed by atoms with van der Waals surface area (Å²) in [6, 6.07) is 12.1. The molecule has 0 unspecified atom stereocenters. The third-order valence-electron chi connectivity index (χ3n) is 3.11. The molecule has 0 aliphatic heterocycles. The van der Waals surface area contributed by atoms with E-state index >= 15 is 0 Å². The van der Waals surface area contributed by atoms with Crippen molar-refractivity contribution in [3.05, 3.63) is 58.6 Å². The summed E-state index contributed by atoms with van der Waals surface area (Å²) in [5.74, 6) is -0.230. The quantitative estimate of drug-likeness (QED) is 0.879. The lowest BCUT2D eigenvalue weighted by Gasteiger charge is -2.21. The fourth-order valence-corrected chi connectivity index (χ4v) is 2.40. The van der Waals surface area contributed by atoms with E-state index in [9.17, 15) is 9.90 Å². The summed E-state index contributed by atoms with van der Waals surface area (Å²) in [5.41, 5.74) is 2.28. The maximum Gasteiger partial charge on any atom is 0.337 e. The second-order valence-corrected chi connectivity index (χ2v) is 5.09. The molecule has 1 N–H and O–H groups in total. The van der Waals surface area contributed by atoms with Crippen molar-refractivity contribution in [2.45, 2.75) is 6.54 Å². The first-order chi connectivity index (χ1) is 10.0. The van der Waals surface area contributed by atoms with E-state index in [-0.39, 0.29) is 11.7 Å². The number of phenols is 1. The Morgan fingerprint density at radius 2 is 2.05 bits per heavy atom. The SMILES string of the molecule is COC(=O)c1cccc(CN(C)c2ccc(O)cc2Cl)c1. The van der Waals surface area contributed by atoms with Crippen LogP contribution in [0.15, 0.2) is 42.5 Å². The van der Waals surface area contributed by atoms with E-state index in [1.165, 1.54) is 13.2 Å². The number of aromatic hydroxyl groups is 1. The summed E-state index contributed by atoms with van der Waals surface area (Å²) in [6.45, 7) is 0.579. The lowest BCUT2D eigenvalue weighted by atomic mass is 10.1. The van der Waals surface area contributed by atoms with Crippen LogP contribution in [0.1, 0.15) is 15.9 Å². The van der Waals surface area contributed by atoms with Crippen molar-refractivity contribution in [2.75, 3.05) is 19.1 Å². The van der Waals surface area contributed by atoms with Crippen molar-refractivity contribution < 1.29 is 14.6 Å². The van der Waals surface area contributed by atoms with Gasteiger partial charge < -0.3 is 14.7 Å². The van der Waals surface area contributed by atoms with Crippen LogP contribution < -0.4 is 4.90 Å². The van der Waals surface area contributed by atoms with Crippen LogP contribution in [0, 0.1) is 0 Å². The van der Waals surface area contributed by atoms with Gasteiger partial charge in [0.25, 0.3) is 0 Å². The van der Waals surface area contributed by atoms with Gasteiger partial charge in [0.15, 0.2) is 0 Å². The van der Waals surface area contributed by atoms with Gasteiger partial charge in [-0.1, -0.05) is 23.7 Å². The number of esters is 1. The van der Waals surface area contributed by atoms with E-state index in [4.69, 9.17) is 16.3 Å². The predicted octanol–water partition coefficient (Wildman–Crippen LogP) is 3.47. The summed E-state index contributed by atoms with van der Waals surface area (Å²) in [6.07, 6.45) is 0. The molecule has 4 nitrogen and oxygen atoms in total. The molecule has 0 fully saturated rings. The highest BCUT2D eigenvalue weighted by atomic mass is 35.5. The lowest BCUT2D eigenvalue weighted by molar-refractivity contribution is 0.0600. The predicted molar refractivity (Wildman–Crippen MR) is 83.0 cm³/mol. The van der Waals surface area contributed by atoms with Crippen molar-refractivity contribution in [3.8, 4) is 5.75 Å². The van der Waals surface area contributed by atoms with Crippen LogP contribution in [0.2, 0.25) is 5.02 Å². The lowest BCUT2D eigenvalue weighted by Crippen LogP contribution is -2.17. The highest BCUT2D eigenvalue weighted by Gasteiger charge is 2.10. The molecule has 0 spiro atoms. The number of nitrogens with zero attached hydrogens (tertiary/aromatic N) is 1. The minimum absolute atomic E-state index is 0.129. The molecule has 0 radical (unpaired) electrons. The number of methoxy groups -OCH3 is 1. The zero-order chi connectivity index (χ0) is 15.4. The summed E-state index contributed by atoms with van der Waals surface area (Å²) in [4.78, 5) is 13.5. The molecule has 21 heavy (non-hydrogen) atoms. The fourth-order valence-electron chi connectivity index (χ4n) is 2.08. The molecule has 5 heteroatoms. The number of benzene rings is 2. The molecule has 110 valence electrons. The Bertz CT molecular complexity index is 658. The minimum atomic E-state index is -0.359. The van der Waals surface area contributed by atoms with E-state index in [1.807, 2.05) is 24.1 Å². The Kier molecular flexibility index (Phi) is 4.70. The van der Waals surface area contributed by atoms with Crippen LogP contribution in [-0.2, 0) is 11.3 Å². The number of carbonyl (C=O) groups is 1. The Labute approximate surface area is 128 Å². The summed E-state index contributed by atoms with van der Waals surface area (Å²) >= 11 is 6.12. The Morgan fingerprint density at radius 1 is 1.29 bits per heavy atom. The standard InChI is InChI=1S/C16H16ClNO3/c1-18(15-7-6-13(19)9-14(15)17)10-11-4-3-5-12(8-11)16(20)21-2/h3-9,19H,10H2,1-2H3. The van der Waals surface area contributed by atoms with Crippen molar-refractivity contribution in [1.29, 1.82) is 0 Å². The topological polar surface area (TPSA) is 49.8 Å². The van der Waals surface area contributed by atoms with Crippen LogP contribution in [0.4, 0.5) is 5.69 Å². The highest BCUT2D eigenvalue weighted by molar-refractivity contribution is 6.33. The van der Waals surface area contributed by atoms with Gasteiger partial charge in [0.2, 0.25) is 0 Å². The number of halogens is 1. The minimum Gasteiger partial charge on any atom is -0.508 e. The molecule has 0 atom stereocenters. The third-order valence-corrected chi connectivity index (χ3v) is 3.41. The molecule has 0 aromatic heterocycles. The second kappa shape index (κ2) is 6.50. The molecule has 0 aliphatic rings. The Balaban J connectivity index is 2.19. The van der Waals surface area contributed by atoms with Gasteiger partial charge >= 0.3 is 5.97 Å². The van der Waals surface area contributed by atoms with E-state index in [1.54, 1.807) is 24.3 Å². The smallest absolute Gasteiger partial charge is 0.337 e. The van der Waals surface area contributed by atoms with Gasteiger partial charge in [-0.2, -0.15) is 0 Å². The van der Waals surface area contributed by atoms with Crippen LogP contribution in [0.5, 0.6) is 5.75 Å². The molecule has 0 amide bonds. The summed E-state index contributed by atoms with van der Waals surface area (Å²) < 4.78 is 4.71. The maximum absolute atomic E-state index is 11.5. The Morgan fingerprint density at radius 3 is 2.71 bits per heavy atom. The van der Waals surface area contributed by atoms with Gasteiger partial charge in [0, 0.05) is 19.7 Å². The first kappa shape index (κ1) is 15.2. The van der Waals surface area contributed by atoms with Crippen LogP contribution in [0.25, 0.3) is 0 Å². The molecule has 2 aromatic rings. The van der Waals surface area contributed by atoms with E-state index < -0.39 is 0 Å². The fraction of sp³-hybridized carbons (Fsp3) is 0.188. The van der Waals surface area contributed by atoms with Gasteiger partial charge in [-0.15, -0.1) is 0 Å². The number of rotatable bonds is 4. The van der Waals surface area contributed by atoms with E-state index in [2.05, 4.69) is 0 Å². The molecule has 2 aromatic carbocycles. The molecule has 0 saturated carbocycles. The van der Waals surface area contributed by atoms with Gasteiger partial charge in [0.05, 0.1) is 23.4 Å². The number of ether oxygens (including phenoxy) is 1. The zero-order valence-electron chi connectivity index (χ0n) is 11.8. The zero-order valence-corrected chi connectivity index (χ0v) is 12.6. The molecule has 2 rings (SSSR count). The van der Waals surface area contributed by atoms with Crippen molar-refractivity contribution in [3.63, 3.8) is 0 Å². The average Bonchev–Trinajstić information content (AvgIpc) is 2.46. The third kappa shape index (κ3) is 3.67. The number of phenolic OH excluding ortho intramolecular Hbond substituents is 1. The number of hydrogen-bond acceptors (Lipinski definition) is 4. The van der Waals surface area contributed by atoms with E-state index in [0.29, 0.717) is 17.1 Å². The number of hydrogen-bond donors (Lipinski definition) is 1. The normalized spacial score (nSPS) is 10.2. The molecule has 0 saturated heterocycles. The summed E-state index contributed by atoms with van der Waals surface area (Å²) in [5, 5.41) is 9.85. The number of anilines is 1. The average molecular weight is 306 g/mol. The molecular formula is C16H16ClNO3. The Hall–Kier alpha value is -2.20. The maximum atomic E-state index is 11.5. The monoisotopic (exact) mass is 305 g/mol.